The second kappa shape index (κ2) is 9.43. The molecular formula is C27H24ClN3O4. The van der Waals surface area contributed by atoms with Crippen LogP contribution in [-0.2, 0) is 0 Å². The van der Waals surface area contributed by atoms with Gasteiger partial charge in [0.25, 0.3) is 17.7 Å². The van der Waals surface area contributed by atoms with E-state index in [4.69, 9.17) is 16.3 Å². The number of rotatable bonds is 5. The number of anilines is 2. The lowest BCUT2D eigenvalue weighted by Crippen LogP contribution is -2.48. The summed E-state index contributed by atoms with van der Waals surface area (Å²) in [5.74, 6) is -0.318. The Kier molecular flexibility index (Phi) is 6.17. The van der Waals surface area contributed by atoms with Gasteiger partial charge in [0.1, 0.15) is 5.75 Å². The summed E-state index contributed by atoms with van der Waals surface area (Å²) >= 11 is 5.98. The number of ether oxygens (including phenoxy) is 1. The summed E-state index contributed by atoms with van der Waals surface area (Å²) < 4.78 is 5.44. The largest absolute Gasteiger partial charge is 0.494 e. The molecule has 0 unspecified atom stereocenters. The van der Waals surface area contributed by atoms with Crippen molar-refractivity contribution in [2.75, 3.05) is 42.6 Å². The molecule has 1 saturated heterocycles. The third kappa shape index (κ3) is 4.35. The molecule has 5 rings (SSSR count). The van der Waals surface area contributed by atoms with Crippen LogP contribution in [0.2, 0.25) is 5.02 Å². The first-order chi connectivity index (χ1) is 17.0. The highest BCUT2D eigenvalue weighted by Gasteiger charge is 2.37. The fraction of sp³-hybridized carbons (Fsp3) is 0.222. The van der Waals surface area contributed by atoms with Crippen LogP contribution in [0.15, 0.2) is 66.7 Å². The van der Waals surface area contributed by atoms with Crippen LogP contribution in [0.1, 0.15) is 38.0 Å². The average molecular weight is 490 g/mol. The van der Waals surface area contributed by atoms with Gasteiger partial charge in [-0.3, -0.25) is 14.4 Å². The Labute approximate surface area is 208 Å². The van der Waals surface area contributed by atoms with Crippen LogP contribution in [0.5, 0.6) is 5.75 Å². The Balaban J connectivity index is 1.30. The van der Waals surface area contributed by atoms with Gasteiger partial charge in [-0.25, -0.2) is 4.90 Å². The number of amides is 3. The van der Waals surface area contributed by atoms with Crippen molar-refractivity contribution in [2.45, 2.75) is 6.92 Å². The van der Waals surface area contributed by atoms with E-state index in [1.807, 2.05) is 31.2 Å². The molecule has 1 fully saturated rings. The number of benzene rings is 3. The number of hydrogen-bond donors (Lipinski definition) is 0. The standard InChI is InChI=1S/C27H24ClN3O4/c1-2-35-22-10-8-21(9-11-22)31-26(33)23-12-3-18(17-24(23)27(31)34)25(32)30-15-13-29(14-16-30)20-6-4-19(28)5-7-20/h3-12,17H,2,13-16H2,1H3. The summed E-state index contributed by atoms with van der Waals surface area (Å²) in [7, 11) is 0. The predicted octanol–water partition coefficient (Wildman–Crippen LogP) is 4.50. The lowest BCUT2D eigenvalue weighted by Gasteiger charge is -2.36. The van der Waals surface area contributed by atoms with Crippen LogP contribution in [0.3, 0.4) is 0 Å². The topological polar surface area (TPSA) is 70.2 Å². The minimum atomic E-state index is -0.434. The van der Waals surface area contributed by atoms with Gasteiger partial charge in [0.2, 0.25) is 0 Å². The van der Waals surface area contributed by atoms with Crippen molar-refractivity contribution in [3.63, 3.8) is 0 Å². The Hall–Kier alpha value is -3.84. The first kappa shape index (κ1) is 22.9. The van der Waals surface area contributed by atoms with Gasteiger partial charge >= 0.3 is 0 Å². The molecule has 0 radical (unpaired) electrons. The number of hydrogen-bond acceptors (Lipinski definition) is 5. The average Bonchev–Trinajstić information content (AvgIpc) is 3.14. The van der Waals surface area contributed by atoms with Crippen molar-refractivity contribution >= 4 is 40.7 Å². The third-order valence-corrected chi connectivity index (χ3v) is 6.55. The maximum Gasteiger partial charge on any atom is 0.266 e. The molecule has 3 amide bonds. The van der Waals surface area contributed by atoms with Crippen molar-refractivity contribution < 1.29 is 19.1 Å². The highest BCUT2D eigenvalue weighted by Crippen LogP contribution is 2.30. The van der Waals surface area contributed by atoms with E-state index in [9.17, 15) is 14.4 Å². The van der Waals surface area contributed by atoms with Gasteiger partial charge in [-0.05, 0) is 73.7 Å². The molecule has 3 aromatic carbocycles. The van der Waals surface area contributed by atoms with E-state index in [1.165, 1.54) is 6.07 Å². The normalized spacial score (nSPS) is 15.4. The van der Waals surface area contributed by atoms with E-state index >= 15 is 0 Å². The van der Waals surface area contributed by atoms with Crippen LogP contribution < -0.4 is 14.5 Å². The summed E-state index contributed by atoms with van der Waals surface area (Å²) in [6.45, 7) is 4.92. The maximum atomic E-state index is 13.2. The zero-order chi connectivity index (χ0) is 24.5. The summed E-state index contributed by atoms with van der Waals surface area (Å²) in [4.78, 5) is 44.4. The highest BCUT2D eigenvalue weighted by atomic mass is 35.5. The minimum absolute atomic E-state index is 0.150. The first-order valence-corrected chi connectivity index (χ1v) is 11.9. The molecule has 0 spiro atoms. The molecule has 0 N–H and O–H groups in total. The Morgan fingerprint density at radius 1 is 0.829 bits per heavy atom. The number of imide groups is 1. The molecule has 35 heavy (non-hydrogen) atoms. The molecule has 3 aromatic rings. The monoisotopic (exact) mass is 489 g/mol. The van der Waals surface area contributed by atoms with Crippen LogP contribution in [0, 0.1) is 0 Å². The number of nitrogens with zero attached hydrogens (tertiary/aromatic N) is 3. The van der Waals surface area contributed by atoms with Crippen LogP contribution in [0.25, 0.3) is 0 Å². The van der Waals surface area contributed by atoms with Crippen LogP contribution >= 0.6 is 11.6 Å². The lowest BCUT2D eigenvalue weighted by molar-refractivity contribution is 0.0746. The fourth-order valence-electron chi connectivity index (χ4n) is 4.47. The van der Waals surface area contributed by atoms with Gasteiger partial charge in [-0.1, -0.05) is 11.6 Å². The minimum Gasteiger partial charge on any atom is -0.494 e. The van der Waals surface area contributed by atoms with E-state index in [0.29, 0.717) is 60.4 Å². The molecule has 2 aliphatic rings. The fourth-order valence-corrected chi connectivity index (χ4v) is 4.59. The van der Waals surface area contributed by atoms with Crippen molar-refractivity contribution in [3.05, 3.63) is 88.4 Å². The van der Waals surface area contributed by atoms with Gasteiger partial charge in [0, 0.05) is 42.5 Å². The van der Waals surface area contributed by atoms with E-state index < -0.39 is 11.8 Å². The van der Waals surface area contributed by atoms with Crippen molar-refractivity contribution in [2.24, 2.45) is 0 Å². The Morgan fingerprint density at radius 2 is 1.46 bits per heavy atom. The van der Waals surface area contributed by atoms with Crippen molar-refractivity contribution in [1.82, 2.24) is 4.90 Å². The molecule has 8 heteroatoms. The third-order valence-electron chi connectivity index (χ3n) is 6.30. The predicted molar refractivity (Wildman–Crippen MR) is 135 cm³/mol. The van der Waals surface area contributed by atoms with E-state index in [0.717, 1.165) is 10.6 Å². The van der Waals surface area contributed by atoms with E-state index in [2.05, 4.69) is 4.90 Å². The SMILES string of the molecule is CCOc1ccc(N2C(=O)c3ccc(C(=O)N4CCN(c5ccc(Cl)cc5)CC4)cc3C2=O)cc1. The molecule has 178 valence electrons. The molecule has 0 aromatic heterocycles. The van der Waals surface area contributed by atoms with Crippen molar-refractivity contribution in [1.29, 1.82) is 0 Å². The number of fused-ring (bicyclic) bond motifs is 1. The Bertz CT molecular complexity index is 1280. The van der Waals surface area contributed by atoms with Gasteiger partial charge in [0.05, 0.1) is 23.4 Å². The molecule has 2 heterocycles. The van der Waals surface area contributed by atoms with Crippen LogP contribution in [0.4, 0.5) is 11.4 Å². The smallest absolute Gasteiger partial charge is 0.266 e. The molecule has 0 bridgehead atoms. The van der Waals surface area contributed by atoms with Crippen LogP contribution in [-0.4, -0.2) is 55.4 Å². The first-order valence-electron chi connectivity index (χ1n) is 11.5. The zero-order valence-electron chi connectivity index (χ0n) is 19.2. The molecule has 0 aliphatic carbocycles. The molecule has 0 atom stereocenters. The lowest BCUT2D eigenvalue weighted by atomic mass is 10.0. The quantitative estimate of drug-likeness (QED) is 0.493. The van der Waals surface area contributed by atoms with Gasteiger partial charge in [0.15, 0.2) is 0 Å². The summed E-state index contributed by atoms with van der Waals surface area (Å²) in [6, 6.07) is 19.2. The number of halogens is 1. The van der Waals surface area contributed by atoms with Gasteiger partial charge < -0.3 is 14.5 Å². The second-order valence-corrected chi connectivity index (χ2v) is 8.83. The number of piperazine rings is 1. The molecule has 0 saturated carbocycles. The Morgan fingerprint density at radius 3 is 2.11 bits per heavy atom. The molecular weight excluding hydrogens is 466 g/mol. The summed E-state index contributed by atoms with van der Waals surface area (Å²) in [5, 5.41) is 0.688. The highest BCUT2D eigenvalue weighted by molar-refractivity contribution is 6.34. The summed E-state index contributed by atoms with van der Waals surface area (Å²) in [6.07, 6.45) is 0. The zero-order valence-corrected chi connectivity index (χ0v) is 20.0. The van der Waals surface area contributed by atoms with Gasteiger partial charge in [-0.15, -0.1) is 0 Å². The number of carbonyl (C=O) groups is 3. The van der Waals surface area contributed by atoms with Gasteiger partial charge in [-0.2, -0.15) is 0 Å². The molecule has 7 nitrogen and oxygen atoms in total. The number of carbonyl (C=O) groups excluding carboxylic acids is 3. The maximum absolute atomic E-state index is 13.2. The van der Waals surface area contributed by atoms with Crippen molar-refractivity contribution in [3.8, 4) is 5.75 Å². The van der Waals surface area contributed by atoms with E-state index in [-0.39, 0.29) is 11.5 Å². The summed E-state index contributed by atoms with van der Waals surface area (Å²) in [5.41, 5.74) is 2.48. The molecule has 2 aliphatic heterocycles. The second-order valence-electron chi connectivity index (χ2n) is 8.39. The van der Waals surface area contributed by atoms with E-state index in [1.54, 1.807) is 41.3 Å².